The number of hydrogen-bond donors (Lipinski definition) is 1. The van der Waals surface area contributed by atoms with Crippen LogP contribution in [0.4, 0.5) is 0 Å². The second kappa shape index (κ2) is 9.19. The van der Waals surface area contributed by atoms with Crippen LogP contribution in [0.15, 0.2) is 59.1 Å². The molecule has 2 atom stereocenters. The van der Waals surface area contributed by atoms with Crippen LogP contribution in [-0.2, 0) is 6.54 Å². The lowest BCUT2D eigenvalue weighted by molar-refractivity contribution is 0.260. The van der Waals surface area contributed by atoms with Crippen LogP contribution in [0.3, 0.4) is 0 Å². The minimum atomic E-state index is 0. The molecule has 1 fully saturated rings. The van der Waals surface area contributed by atoms with Crippen LogP contribution >= 0.6 is 12.4 Å². The maximum Gasteiger partial charge on any atom is 0.241 e. The number of benzene rings is 2. The third kappa shape index (κ3) is 4.35. The van der Waals surface area contributed by atoms with Gasteiger partial charge in [0.1, 0.15) is 5.75 Å². The average molecular weight is 401 g/mol. The van der Waals surface area contributed by atoms with Crippen LogP contribution in [0.2, 0.25) is 0 Å². The fraction of sp³-hybridized carbons (Fsp3) is 0.333. The smallest absolute Gasteiger partial charge is 0.241 e. The molecule has 0 bridgehead atoms. The number of halogens is 1. The second-order valence-electron chi connectivity index (χ2n) is 6.95. The van der Waals surface area contributed by atoms with Crippen LogP contribution in [0.1, 0.15) is 17.4 Å². The van der Waals surface area contributed by atoms with Crippen molar-refractivity contribution >= 4 is 12.4 Å². The molecule has 0 aliphatic carbocycles. The van der Waals surface area contributed by atoms with Gasteiger partial charge in [-0.2, -0.15) is 4.98 Å². The standard InChI is InChI=1S/C21H24N4O2.ClH/c1-26-18-9-7-16(8-10-18)21-23-20(27-24-21)14-25-12-17(11-22)19(13-25)15-5-3-2-4-6-15;/h2-10,17,19H,11-14,22H2,1H3;1H/t17-,19+;/m1./s1. The van der Waals surface area contributed by atoms with Gasteiger partial charge in [-0.25, -0.2) is 0 Å². The van der Waals surface area contributed by atoms with E-state index < -0.39 is 0 Å². The third-order valence-corrected chi connectivity index (χ3v) is 5.22. The van der Waals surface area contributed by atoms with Crippen LogP contribution in [0.25, 0.3) is 11.4 Å². The number of rotatable bonds is 6. The van der Waals surface area contributed by atoms with E-state index in [0.717, 1.165) is 24.4 Å². The quantitative estimate of drug-likeness (QED) is 0.683. The highest BCUT2D eigenvalue weighted by atomic mass is 35.5. The van der Waals surface area contributed by atoms with Crippen molar-refractivity contribution in [3.63, 3.8) is 0 Å². The minimum absolute atomic E-state index is 0. The summed E-state index contributed by atoms with van der Waals surface area (Å²) >= 11 is 0. The van der Waals surface area contributed by atoms with Crippen molar-refractivity contribution in [3.05, 3.63) is 66.1 Å². The van der Waals surface area contributed by atoms with Gasteiger partial charge in [0, 0.05) is 24.6 Å². The molecular formula is C21H25ClN4O2. The normalized spacial score (nSPS) is 19.4. The highest BCUT2D eigenvalue weighted by Crippen LogP contribution is 2.32. The zero-order valence-corrected chi connectivity index (χ0v) is 16.6. The molecule has 148 valence electrons. The fourth-order valence-corrected chi connectivity index (χ4v) is 3.77. The van der Waals surface area contributed by atoms with Crippen LogP contribution in [0, 0.1) is 5.92 Å². The lowest BCUT2D eigenvalue weighted by atomic mass is 9.89. The zero-order chi connectivity index (χ0) is 18.6. The molecule has 28 heavy (non-hydrogen) atoms. The van der Waals surface area contributed by atoms with Crippen molar-refractivity contribution in [3.8, 4) is 17.1 Å². The van der Waals surface area contributed by atoms with Crippen LogP contribution in [-0.4, -0.2) is 41.8 Å². The number of methoxy groups -OCH3 is 1. The van der Waals surface area contributed by atoms with E-state index in [1.54, 1.807) is 7.11 Å². The van der Waals surface area contributed by atoms with Gasteiger partial charge >= 0.3 is 0 Å². The summed E-state index contributed by atoms with van der Waals surface area (Å²) in [6.45, 7) is 3.21. The first-order chi connectivity index (χ1) is 13.3. The van der Waals surface area contributed by atoms with Crippen molar-refractivity contribution in [2.45, 2.75) is 12.5 Å². The summed E-state index contributed by atoms with van der Waals surface area (Å²) in [6, 6.07) is 18.2. The molecule has 1 aromatic heterocycles. The maximum atomic E-state index is 6.03. The molecule has 0 saturated carbocycles. The maximum absolute atomic E-state index is 6.03. The van der Waals surface area contributed by atoms with Crippen molar-refractivity contribution in [2.75, 3.05) is 26.7 Å². The largest absolute Gasteiger partial charge is 0.497 e. The van der Waals surface area contributed by atoms with Gasteiger partial charge in [-0.05, 0) is 42.3 Å². The van der Waals surface area contributed by atoms with E-state index in [2.05, 4.69) is 39.3 Å². The zero-order valence-electron chi connectivity index (χ0n) is 15.8. The summed E-state index contributed by atoms with van der Waals surface area (Å²) in [5, 5.41) is 4.12. The van der Waals surface area contributed by atoms with E-state index in [-0.39, 0.29) is 12.4 Å². The van der Waals surface area contributed by atoms with Crippen LogP contribution < -0.4 is 10.5 Å². The average Bonchev–Trinajstić information content (AvgIpc) is 3.36. The molecule has 1 aliphatic rings. The summed E-state index contributed by atoms with van der Waals surface area (Å²) in [5.41, 5.74) is 8.29. The van der Waals surface area contributed by atoms with E-state index in [1.165, 1.54) is 5.56 Å². The molecule has 2 aromatic carbocycles. The Bertz CT molecular complexity index is 870. The Balaban J connectivity index is 0.00000225. The summed E-state index contributed by atoms with van der Waals surface area (Å²) in [5.74, 6) is 2.92. The Kier molecular flexibility index (Phi) is 6.67. The van der Waals surface area contributed by atoms with Gasteiger partial charge in [-0.15, -0.1) is 12.4 Å². The Morgan fingerprint density at radius 3 is 2.54 bits per heavy atom. The molecule has 3 aromatic rings. The predicted octanol–water partition coefficient (Wildman–Crippen LogP) is 3.34. The summed E-state index contributed by atoms with van der Waals surface area (Å²) in [6.07, 6.45) is 0. The summed E-state index contributed by atoms with van der Waals surface area (Å²) in [7, 11) is 1.65. The molecule has 1 aliphatic heterocycles. The van der Waals surface area contributed by atoms with E-state index >= 15 is 0 Å². The molecule has 6 nitrogen and oxygen atoms in total. The molecule has 2 N–H and O–H groups in total. The van der Waals surface area contributed by atoms with E-state index in [4.69, 9.17) is 15.0 Å². The molecule has 0 unspecified atom stereocenters. The minimum Gasteiger partial charge on any atom is -0.497 e. The number of nitrogens with zero attached hydrogens (tertiary/aromatic N) is 3. The van der Waals surface area contributed by atoms with E-state index in [9.17, 15) is 0 Å². The van der Waals surface area contributed by atoms with Crippen molar-refractivity contribution < 1.29 is 9.26 Å². The first-order valence-corrected chi connectivity index (χ1v) is 9.21. The van der Waals surface area contributed by atoms with Gasteiger partial charge in [-0.1, -0.05) is 35.5 Å². The van der Waals surface area contributed by atoms with Gasteiger partial charge in [0.15, 0.2) is 0 Å². The van der Waals surface area contributed by atoms with E-state index in [1.807, 2.05) is 30.3 Å². The first kappa shape index (κ1) is 20.3. The molecular weight excluding hydrogens is 376 g/mol. The highest BCUT2D eigenvalue weighted by Gasteiger charge is 2.33. The Morgan fingerprint density at radius 2 is 1.86 bits per heavy atom. The van der Waals surface area contributed by atoms with Crippen molar-refractivity contribution in [1.82, 2.24) is 15.0 Å². The first-order valence-electron chi connectivity index (χ1n) is 9.21. The summed E-state index contributed by atoms with van der Waals surface area (Å²) in [4.78, 5) is 6.90. The van der Waals surface area contributed by atoms with E-state index in [0.29, 0.717) is 36.6 Å². The van der Waals surface area contributed by atoms with Gasteiger partial charge in [0.05, 0.1) is 13.7 Å². The Morgan fingerprint density at radius 1 is 1.11 bits per heavy atom. The molecule has 0 spiro atoms. The molecule has 1 saturated heterocycles. The molecule has 7 heteroatoms. The monoisotopic (exact) mass is 400 g/mol. The Labute approximate surface area is 171 Å². The number of hydrogen-bond acceptors (Lipinski definition) is 6. The fourth-order valence-electron chi connectivity index (χ4n) is 3.77. The molecule has 0 amide bonds. The lowest BCUT2D eigenvalue weighted by Gasteiger charge is -2.16. The van der Waals surface area contributed by atoms with Gasteiger partial charge < -0.3 is 15.0 Å². The second-order valence-corrected chi connectivity index (χ2v) is 6.95. The number of nitrogens with two attached hydrogens (primary N) is 1. The van der Waals surface area contributed by atoms with Crippen molar-refractivity contribution in [1.29, 1.82) is 0 Å². The van der Waals surface area contributed by atoms with Gasteiger partial charge in [0.25, 0.3) is 0 Å². The predicted molar refractivity (Wildman–Crippen MR) is 111 cm³/mol. The summed E-state index contributed by atoms with van der Waals surface area (Å²) < 4.78 is 10.7. The lowest BCUT2D eigenvalue weighted by Crippen LogP contribution is -2.23. The van der Waals surface area contributed by atoms with Crippen LogP contribution in [0.5, 0.6) is 5.75 Å². The molecule has 0 radical (unpaired) electrons. The third-order valence-electron chi connectivity index (χ3n) is 5.22. The van der Waals surface area contributed by atoms with Crippen molar-refractivity contribution in [2.24, 2.45) is 11.7 Å². The highest BCUT2D eigenvalue weighted by molar-refractivity contribution is 5.85. The topological polar surface area (TPSA) is 77.4 Å². The Hall–Kier alpha value is -2.41. The number of ether oxygens (including phenoxy) is 1. The van der Waals surface area contributed by atoms with Gasteiger partial charge in [0.2, 0.25) is 11.7 Å². The number of aromatic nitrogens is 2. The molecule has 4 rings (SSSR count). The number of likely N-dealkylation sites (tertiary alicyclic amines) is 1. The molecule has 2 heterocycles. The SMILES string of the molecule is COc1ccc(-c2noc(CN3C[C@@H](CN)[C@H](c4ccccc4)C3)n2)cc1.Cl. The van der Waals surface area contributed by atoms with Gasteiger partial charge in [-0.3, -0.25) is 4.90 Å².